The molecule has 1 saturated carbocycles. The highest BCUT2D eigenvalue weighted by Gasteiger charge is 2.31. The molecule has 0 N–H and O–H groups in total. The lowest BCUT2D eigenvalue weighted by atomic mass is 9.83. The summed E-state index contributed by atoms with van der Waals surface area (Å²) < 4.78 is 45.0. The van der Waals surface area contributed by atoms with Crippen LogP contribution in [0.3, 0.4) is 0 Å². The molecule has 116 valence electrons. The second-order valence-electron chi connectivity index (χ2n) is 5.40. The van der Waals surface area contributed by atoms with Gasteiger partial charge in [-0.25, -0.2) is 0 Å². The van der Waals surface area contributed by atoms with Crippen molar-refractivity contribution >= 4 is 5.97 Å². The number of alkyl halides is 3. The molecule has 21 heavy (non-hydrogen) atoms. The number of esters is 1. The van der Waals surface area contributed by atoms with E-state index in [-0.39, 0.29) is 23.4 Å². The van der Waals surface area contributed by atoms with E-state index in [0.717, 1.165) is 37.8 Å². The standard InChI is InChI=1S/C15H17F3O3/c1-10-2-4-11(5-3-10)14(19)20-12-6-8-13(9-7-12)21-15(16,17)18/h6-11H,2-5H2,1H3. The number of halogens is 3. The fourth-order valence-corrected chi connectivity index (χ4v) is 2.40. The van der Waals surface area contributed by atoms with Crippen molar-refractivity contribution in [1.29, 1.82) is 0 Å². The lowest BCUT2D eigenvalue weighted by Gasteiger charge is -2.24. The normalized spacial score (nSPS) is 22.7. The minimum absolute atomic E-state index is 0.118. The molecule has 1 aliphatic rings. The molecule has 0 amide bonds. The van der Waals surface area contributed by atoms with Gasteiger partial charge in [0.05, 0.1) is 5.92 Å². The molecular weight excluding hydrogens is 285 g/mol. The Morgan fingerprint density at radius 1 is 1.05 bits per heavy atom. The van der Waals surface area contributed by atoms with Crippen LogP contribution >= 0.6 is 0 Å². The van der Waals surface area contributed by atoms with Crippen molar-refractivity contribution < 1.29 is 27.4 Å². The van der Waals surface area contributed by atoms with E-state index in [0.29, 0.717) is 5.92 Å². The number of carbonyl (C=O) groups is 1. The highest BCUT2D eigenvalue weighted by Crippen LogP contribution is 2.30. The average molecular weight is 302 g/mol. The molecule has 0 heterocycles. The van der Waals surface area contributed by atoms with E-state index in [1.54, 1.807) is 0 Å². The van der Waals surface area contributed by atoms with E-state index < -0.39 is 6.36 Å². The van der Waals surface area contributed by atoms with Crippen LogP contribution in [0.25, 0.3) is 0 Å². The van der Waals surface area contributed by atoms with Gasteiger partial charge >= 0.3 is 12.3 Å². The van der Waals surface area contributed by atoms with Crippen LogP contribution in [0.2, 0.25) is 0 Å². The second kappa shape index (κ2) is 6.37. The van der Waals surface area contributed by atoms with Crippen molar-refractivity contribution in [3.8, 4) is 11.5 Å². The smallest absolute Gasteiger partial charge is 0.426 e. The summed E-state index contributed by atoms with van der Waals surface area (Å²) in [5.74, 6) is 0.0912. The van der Waals surface area contributed by atoms with Crippen LogP contribution in [0, 0.1) is 11.8 Å². The van der Waals surface area contributed by atoms with Gasteiger partial charge < -0.3 is 9.47 Å². The molecule has 2 rings (SSSR count). The van der Waals surface area contributed by atoms with Crippen molar-refractivity contribution in [1.82, 2.24) is 0 Å². The summed E-state index contributed by atoms with van der Waals surface area (Å²) >= 11 is 0. The molecule has 0 saturated heterocycles. The van der Waals surface area contributed by atoms with E-state index >= 15 is 0 Å². The van der Waals surface area contributed by atoms with Gasteiger partial charge in [-0.2, -0.15) is 0 Å². The lowest BCUT2D eigenvalue weighted by Crippen LogP contribution is -2.24. The number of hydrogen-bond donors (Lipinski definition) is 0. The van der Waals surface area contributed by atoms with Crippen molar-refractivity contribution in [2.45, 2.75) is 39.0 Å². The lowest BCUT2D eigenvalue weighted by molar-refractivity contribution is -0.274. The van der Waals surface area contributed by atoms with E-state index in [1.165, 1.54) is 12.1 Å². The molecule has 0 unspecified atom stereocenters. The molecule has 0 bridgehead atoms. The Morgan fingerprint density at radius 2 is 1.57 bits per heavy atom. The molecule has 0 aliphatic heterocycles. The van der Waals surface area contributed by atoms with Crippen molar-refractivity contribution in [3.05, 3.63) is 24.3 Å². The number of ether oxygens (including phenoxy) is 2. The minimum atomic E-state index is -4.73. The summed E-state index contributed by atoms with van der Waals surface area (Å²) in [6.45, 7) is 2.15. The maximum atomic E-state index is 12.0. The predicted molar refractivity (Wildman–Crippen MR) is 69.9 cm³/mol. The maximum absolute atomic E-state index is 12.0. The molecule has 0 spiro atoms. The molecular formula is C15H17F3O3. The first-order chi connectivity index (χ1) is 9.83. The summed E-state index contributed by atoms with van der Waals surface area (Å²) in [6.07, 6.45) is -1.13. The van der Waals surface area contributed by atoms with Gasteiger partial charge in [0.1, 0.15) is 11.5 Å². The number of rotatable bonds is 3. The van der Waals surface area contributed by atoms with Gasteiger partial charge in [-0.05, 0) is 55.9 Å². The summed E-state index contributed by atoms with van der Waals surface area (Å²) in [4.78, 5) is 12.0. The van der Waals surface area contributed by atoms with Gasteiger partial charge in [-0.1, -0.05) is 6.92 Å². The number of carbonyl (C=O) groups excluding carboxylic acids is 1. The Labute approximate surface area is 121 Å². The van der Waals surface area contributed by atoms with Crippen LogP contribution in [0.15, 0.2) is 24.3 Å². The Bertz CT molecular complexity index is 474. The molecule has 0 radical (unpaired) electrons. The first kappa shape index (κ1) is 15.7. The SMILES string of the molecule is CC1CCC(C(=O)Oc2ccc(OC(F)(F)F)cc2)CC1. The highest BCUT2D eigenvalue weighted by atomic mass is 19.4. The first-order valence-electron chi connectivity index (χ1n) is 6.91. The molecule has 1 aromatic carbocycles. The fourth-order valence-electron chi connectivity index (χ4n) is 2.40. The summed E-state index contributed by atoms with van der Waals surface area (Å²) in [7, 11) is 0. The third kappa shape index (κ3) is 4.95. The topological polar surface area (TPSA) is 35.5 Å². The molecule has 1 aliphatic carbocycles. The van der Waals surface area contributed by atoms with Gasteiger partial charge in [0.15, 0.2) is 0 Å². The Balaban J connectivity index is 1.89. The molecule has 6 heteroatoms. The zero-order valence-electron chi connectivity index (χ0n) is 11.7. The molecule has 3 nitrogen and oxygen atoms in total. The second-order valence-corrected chi connectivity index (χ2v) is 5.40. The zero-order valence-corrected chi connectivity index (χ0v) is 11.7. The van der Waals surface area contributed by atoms with Gasteiger partial charge in [0.2, 0.25) is 0 Å². The van der Waals surface area contributed by atoms with Crippen LogP contribution in [0.4, 0.5) is 13.2 Å². The summed E-state index contributed by atoms with van der Waals surface area (Å²) in [6, 6.07) is 4.84. The van der Waals surface area contributed by atoms with Gasteiger partial charge in [-0.3, -0.25) is 4.79 Å². The monoisotopic (exact) mass is 302 g/mol. The first-order valence-corrected chi connectivity index (χ1v) is 6.91. The van der Waals surface area contributed by atoms with Crippen LogP contribution in [0.1, 0.15) is 32.6 Å². The quantitative estimate of drug-likeness (QED) is 0.616. The van der Waals surface area contributed by atoms with Crippen LogP contribution in [-0.2, 0) is 4.79 Å². The number of hydrogen-bond acceptors (Lipinski definition) is 3. The van der Waals surface area contributed by atoms with E-state index in [9.17, 15) is 18.0 Å². The summed E-state index contributed by atoms with van der Waals surface area (Å²) in [5, 5.41) is 0. The van der Waals surface area contributed by atoms with Crippen molar-refractivity contribution in [2.75, 3.05) is 0 Å². The third-order valence-corrected chi connectivity index (χ3v) is 3.62. The van der Waals surface area contributed by atoms with Crippen LogP contribution < -0.4 is 9.47 Å². The molecule has 1 fully saturated rings. The molecule has 1 aromatic rings. The van der Waals surface area contributed by atoms with E-state index in [2.05, 4.69) is 11.7 Å². The van der Waals surface area contributed by atoms with Crippen LogP contribution in [-0.4, -0.2) is 12.3 Å². The molecule has 0 atom stereocenters. The predicted octanol–water partition coefficient (Wildman–Crippen LogP) is 4.32. The fraction of sp³-hybridized carbons (Fsp3) is 0.533. The number of benzene rings is 1. The van der Waals surface area contributed by atoms with Crippen LogP contribution in [0.5, 0.6) is 11.5 Å². The van der Waals surface area contributed by atoms with Gasteiger partial charge in [-0.15, -0.1) is 13.2 Å². The van der Waals surface area contributed by atoms with Crippen molar-refractivity contribution in [3.63, 3.8) is 0 Å². The summed E-state index contributed by atoms with van der Waals surface area (Å²) in [5.41, 5.74) is 0. The average Bonchev–Trinajstić information content (AvgIpc) is 2.40. The van der Waals surface area contributed by atoms with E-state index in [1.807, 2.05) is 0 Å². The zero-order chi connectivity index (χ0) is 15.5. The Morgan fingerprint density at radius 3 is 2.10 bits per heavy atom. The Kier molecular flexibility index (Phi) is 4.75. The van der Waals surface area contributed by atoms with Crippen molar-refractivity contribution in [2.24, 2.45) is 11.8 Å². The van der Waals surface area contributed by atoms with E-state index in [4.69, 9.17) is 4.74 Å². The third-order valence-electron chi connectivity index (χ3n) is 3.62. The largest absolute Gasteiger partial charge is 0.573 e. The maximum Gasteiger partial charge on any atom is 0.573 e. The van der Waals surface area contributed by atoms with Gasteiger partial charge in [0.25, 0.3) is 0 Å². The van der Waals surface area contributed by atoms with Gasteiger partial charge in [0, 0.05) is 0 Å². The minimum Gasteiger partial charge on any atom is -0.426 e. The molecule has 0 aromatic heterocycles. The highest BCUT2D eigenvalue weighted by molar-refractivity contribution is 5.75. The Hall–Kier alpha value is -1.72.